The lowest BCUT2D eigenvalue weighted by Crippen LogP contribution is -2.36. The molecule has 4 nitrogen and oxygen atoms in total. The van der Waals surface area contributed by atoms with Gasteiger partial charge in [-0.3, -0.25) is 4.90 Å². The predicted molar refractivity (Wildman–Crippen MR) is 84.3 cm³/mol. The number of rotatable bonds is 4. The number of halogens is 2. The molecule has 106 valence electrons. The standard InChI is InChI=1S/C13H18BrN3O.ClH/c1-15(2)6-7-16-8-9-17(13(16)18)12-5-3-4-11(14)10-12;/h3-5,10H,6-9H2,1-2H3;1H. The van der Waals surface area contributed by atoms with E-state index in [-0.39, 0.29) is 18.4 Å². The van der Waals surface area contributed by atoms with Crippen molar-refractivity contribution in [1.82, 2.24) is 9.80 Å². The van der Waals surface area contributed by atoms with E-state index in [0.29, 0.717) is 0 Å². The molecule has 1 saturated heterocycles. The summed E-state index contributed by atoms with van der Waals surface area (Å²) in [6, 6.07) is 7.98. The molecule has 0 radical (unpaired) electrons. The highest BCUT2D eigenvalue weighted by atomic mass is 79.9. The maximum absolute atomic E-state index is 12.2. The quantitative estimate of drug-likeness (QED) is 0.836. The first-order valence-electron chi connectivity index (χ1n) is 6.04. The minimum absolute atomic E-state index is 0. The number of nitrogens with zero attached hydrogens (tertiary/aromatic N) is 3. The van der Waals surface area contributed by atoms with Crippen LogP contribution in [0.2, 0.25) is 0 Å². The van der Waals surface area contributed by atoms with E-state index in [2.05, 4.69) is 20.8 Å². The van der Waals surface area contributed by atoms with Gasteiger partial charge in [-0.05, 0) is 32.3 Å². The van der Waals surface area contributed by atoms with Crippen molar-refractivity contribution in [1.29, 1.82) is 0 Å². The molecule has 0 bridgehead atoms. The summed E-state index contributed by atoms with van der Waals surface area (Å²) in [5, 5.41) is 0. The fraction of sp³-hybridized carbons (Fsp3) is 0.462. The number of hydrogen-bond acceptors (Lipinski definition) is 2. The molecule has 1 aromatic rings. The first-order valence-corrected chi connectivity index (χ1v) is 6.84. The van der Waals surface area contributed by atoms with E-state index in [4.69, 9.17) is 0 Å². The Morgan fingerprint density at radius 1 is 1.32 bits per heavy atom. The Balaban J connectivity index is 0.00000180. The topological polar surface area (TPSA) is 26.8 Å². The van der Waals surface area contributed by atoms with Crippen molar-refractivity contribution in [3.8, 4) is 0 Å². The fourth-order valence-corrected chi connectivity index (χ4v) is 2.38. The van der Waals surface area contributed by atoms with E-state index in [1.54, 1.807) is 0 Å². The van der Waals surface area contributed by atoms with E-state index in [0.717, 1.165) is 36.3 Å². The highest BCUT2D eigenvalue weighted by Crippen LogP contribution is 2.23. The van der Waals surface area contributed by atoms with Crippen LogP contribution in [0.4, 0.5) is 10.5 Å². The number of likely N-dealkylation sites (N-methyl/N-ethyl adjacent to an activating group) is 1. The Kier molecular flexibility index (Phi) is 6.10. The Morgan fingerprint density at radius 3 is 2.68 bits per heavy atom. The summed E-state index contributed by atoms with van der Waals surface area (Å²) in [4.78, 5) is 18.1. The van der Waals surface area contributed by atoms with E-state index >= 15 is 0 Å². The third-order valence-corrected chi connectivity index (χ3v) is 3.53. The predicted octanol–water partition coefficient (Wildman–Crippen LogP) is 2.67. The Morgan fingerprint density at radius 2 is 2.05 bits per heavy atom. The molecular weight excluding hydrogens is 330 g/mol. The molecule has 2 amide bonds. The zero-order valence-corrected chi connectivity index (χ0v) is 13.6. The van der Waals surface area contributed by atoms with Gasteiger partial charge in [-0.2, -0.15) is 0 Å². The lowest BCUT2D eigenvalue weighted by molar-refractivity contribution is 0.215. The van der Waals surface area contributed by atoms with Crippen LogP contribution in [0.1, 0.15) is 0 Å². The Hall–Kier alpha value is -0.780. The molecule has 0 aliphatic carbocycles. The second-order valence-corrected chi connectivity index (χ2v) is 5.62. The van der Waals surface area contributed by atoms with Crippen LogP contribution < -0.4 is 4.90 Å². The van der Waals surface area contributed by atoms with Crippen molar-refractivity contribution in [2.75, 3.05) is 45.2 Å². The van der Waals surface area contributed by atoms with Crippen LogP contribution in [0, 0.1) is 0 Å². The van der Waals surface area contributed by atoms with E-state index in [9.17, 15) is 4.79 Å². The number of hydrogen-bond donors (Lipinski definition) is 0. The molecular formula is C13H19BrClN3O. The highest BCUT2D eigenvalue weighted by molar-refractivity contribution is 9.10. The maximum Gasteiger partial charge on any atom is 0.324 e. The van der Waals surface area contributed by atoms with Gasteiger partial charge >= 0.3 is 6.03 Å². The molecule has 1 aliphatic rings. The molecule has 0 spiro atoms. The van der Waals surface area contributed by atoms with Crippen LogP contribution in [0.3, 0.4) is 0 Å². The van der Waals surface area contributed by atoms with E-state index in [1.165, 1.54) is 0 Å². The molecule has 1 fully saturated rings. The molecule has 1 aliphatic heterocycles. The van der Waals surface area contributed by atoms with Gasteiger partial charge in [0.25, 0.3) is 0 Å². The molecule has 0 aromatic heterocycles. The largest absolute Gasteiger partial charge is 0.324 e. The van der Waals surface area contributed by atoms with Gasteiger partial charge in [0.05, 0.1) is 0 Å². The zero-order valence-electron chi connectivity index (χ0n) is 11.2. The molecule has 0 N–H and O–H groups in total. The number of urea groups is 1. The van der Waals surface area contributed by atoms with E-state index in [1.807, 2.05) is 48.2 Å². The van der Waals surface area contributed by atoms with Crippen LogP contribution in [0.15, 0.2) is 28.7 Å². The molecule has 1 heterocycles. The van der Waals surface area contributed by atoms with Crippen LogP contribution in [0.25, 0.3) is 0 Å². The van der Waals surface area contributed by atoms with Crippen LogP contribution in [-0.2, 0) is 0 Å². The minimum Gasteiger partial charge on any atom is -0.321 e. The average molecular weight is 349 g/mol. The summed E-state index contributed by atoms with van der Waals surface area (Å²) in [6.45, 7) is 3.26. The monoisotopic (exact) mass is 347 g/mol. The smallest absolute Gasteiger partial charge is 0.321 e. The van der Waals surface area contributed by atoms with E-state index < -0.39 is 0 Å². The summed E-state index contributed by atoms with van der Waals surface area (Å²) in [5.41, 5.74) is 0.960. The average Bonchev–Trinajstić information content (AvgIpc) is 2.68. The van der Waals surface area contributed by atoms with Crippen molar-refractivity contribution in [3.63, 3.8) is 0 Å². The lowest BCUT2D eigenvalue weighted by atomic mass is 10.3. The van der Waals surface area contributed by atoms with Gasteiger partial charge in [-0.1, -0.05) is 22.0 Å². The highest BCUT2D eigenvalue weighted by Gasteiger charge is 2.29. The second kappa shape index (κ2) is 7.12. The summed E-state index contributed by atoms with van der Waals surface area (Å²) < 4.78 is 1.000. The second-order valence-electron chi connectivity index (χ2n) is 4.70. The Labute approximate surface area is 128 Å². The minimum atomic E-state index is 0. The Bertz CT molecular complexity index is 442. The maximum atomic E-state index is 12.2. The van der Waals surface area contributed by atoms with Crippen molar-refractivity contribution < 1.29 is 4.79 Å². The van der Waals surface area contributed by atoms with Crippen molar-refractivity contribution in [2.45, 2.75) is 0 Å². The van der Waals surface area contributed by atoms with Crippen LogP contribution in [-0.4, -0.2) is 56.1 Å². The SMILES string of the molecule is CN(C)CCN1CCN(c2cccc(Br)c2)C1=O.Cl. The van der Waals surface area contributed by atoms with Gasteiger partial charge in [0.2, 0.25) is 0 Å². The van der Waals surface area contributed by atoms with Gasteiger partial charge in [-0.25, -0.2) is 4.79 Å². The summed E-state index contributed by atoms with van der Waals surface area (Å²) in [7, 11) is 4.04. The molecule has 0 unspecified atom stereocenters. The van der Waals surface area contributed by atoms with Crippen molar-refractivity contribution in [2.24, 2.45) is 0 Å². The lowest BCUT2D eigenvalue weighted by Gasteiger charge is -2.20. The number of benzene rings is 1. The first kappa shape index (κ1) is 16.3. The number of carbonyl (C=O) groups excluding carboxylic acids is 1. The van der Waals surface area contributed by atoms with Gasteiger partial charge in [0.15, 0.2) is 0 Å². The van der Waals surface area contributed by atoms with Crippen molar-refractivity contribution >= 4 is 40.1 Å². The molecule has 6 heteroatoms. The van der Waals surface area contributed by atoms with Crippen LogP contribution in [0.5, 0.6) is 0 Å². The molecule has 2 rings (SSSR count). The fourth-order valence-electron chi connectivity index (χ4n) is 1.99. The third-order valence-electron chi connectivity index (χ3n) is 3.03. The first-order chi connectivity index (χ1) is 8.58. The van der Waals surface area contributed by atoms with Gasteiger partial charge in [-0.15, -0.1) is 12.4 Å². The van der Waals surface area contributed by atoms with Gasteiger partial charge in [0.1, 0.15) is 0 Å². The van der Waals surface area contributed by atoms with Gasteiger partial charge in [0, 0.05) is 36.3 Å². The van der Waals surface area contributed by atoms with Gasteiger partial charge < -0.3 is 9.80 Å². The number of carbonyl (C=O) groups is 1. The molecule has 19 heavy (non-hydrogen) atoms. The summed E-state index contributed by atoms with van der Waals surface area (Å²) >= 11 is 3.44. The number of anilines is 1. The molecule has 1 aromatic carbocycles. The summed E-state index contributed by atoms with van der Waals surface area (Å²) in [6.07, 6.45) is 0. The summed E-state index contributed by atoms with van der Waals surface area (Å²) in [5.74, 6) is 0. The zero-order chi connectivity index (χ0) is 13.1. The van der Waals surface area contributed by atoms with Crippen molar-refractivity contribution in [3.05, 3.63) is 28.7 Å². The molecule has 0 saturated carbocycles. The third kappa shape index (κ3) is 4.09. The van der Waals surface area contributed by atoms with Crippen LogP contribution >= 0.6 is 28.3 Å². The number of amides is 2. The molecule has 0 atom stereocenters. The normalized spacial score (nSPS) is 15.1.